The third-order valence-corrected chi connectivity index (χ3v) is 2.06. The lowest BCUT2D eigenvalue weighted by Crippen LogP contribution is -2.44. The van der Waals surface area contributed by atoms with Crippen molar-refractivity contribution in [3.63, 3.8) is 0 Å². The Morgan fingerprint density at radius 1 is 1.29 bits per heavy atom. The Labute approximate surface area is 103 Å². The highest BCUT2D eigenvalue weighted by molar-refractivity contribution is 5.91. The molecule has 0 heterocycles. The van der Waals surface area contributed by atoms with Crippen LogP contribution in [0.15, 0.2) is 24.3 Å². The van der Waals surface area contributed by atoms with Crippen LogP contribution in [0.2, 0.25) is 0 Å². The van der Waals surface area contributed by atoms with Gasteiger partial charge in [0, 0.05) is 6.08 Å². The lowest BCUT2D eigenvalue weighted by atomic mass is 10.0. The van der Waals surface area contributed by atoms with Gasteiger partial charge in [-0.1, -0.05) is 32.1 Å². The largest absolute Gasteiger partial charge is 0.464 e. The summed E-state index contributed by atoms with van der Waals surface area (Å²) in [6.07, 6.45) is 6.57. The van der Waals surface area contributed by atoms with Gasteiger partial charge in [0.25, 0.3) is 0 Å². The first-order chi connectivity index (χ1) is 8.02. The lowest BCUT2D eigenvalue weighted by Gasteiger charge is -2.19. The first kappa shape index (κ1) is 15.4. The molecular formula is C13H21NO3. The first-order valence-electron chi connectivity index (χ1n) is 5.79. The van der Waals surface area contributed by atoms with Gasteiger partial charge in [-0.05, 0) is 19.8 Å². The first-order valence-corrected chi connectivity index (χ1v) is 5.79. The van der Waals surface area contributed by atoms with Crippen LogP contribution in [-0.4, -0.2) is 24.5 Å². The second-order valence-electron chi connectivity index (χ2n) is 3.87. The molecule has 4 nitrogen and oxygen atoms in total. The maximum atomic E-state index is 11.6. The van der Waals surface area contributed by atoms with E-state index in [0.717, 1.165) is 0 Å². The van der Waals surface area contributed by atoms with Crippen LogP contribution >= 0.6 is 0 Å². The van der Waals surface area contributed by atoms with E-state index in [-0.39, 0.29) is 11.8 Å². The molecule has 0 bridgehead atoms. The minimum Gasteiger partial charge on any atom is -0.464 e. The number of esters is 1. The molecule has 17 heavy (non-hydrogen) atoms. The zero-order valence-corrected chi connectivity index (χ0v) is 10.9. The highest BCUT2D eigenvalue weighted by Crippen LogP contribution is 2.04. The van der Waals surface area contributed by atoms with Crippen molar-refractivity contribution in [3.8, 4) is 0 Å². The molecule has 1 amide bonds. The number of allylic oxidation sites excluding steroid dienone is 3. The summed E-state index contributed by atoms with van der Waals surface area (Å²) in [6, 6.07) is -0.599. The number of carbonyl (C=O) groups is 2. The molecule has 96 valence electrons. The summed E-state index contributed by atoms with van der Waals surface area (Å²) in [5, 5.41) is 2.63. The van der Waals surface area contributed by atoms with Crippen LogP contribution in [0.1, 0.15) is 27.7 Å². The maximum absolute atomic E-state index is 11.6. The minimum atomic E-state index is -0.599. The number of nitrogens with one attached hydrogen (secondary N) is 1. The number of hydrogen-bond acceptors (Lipinski definition) is 3. The fourth-order valence-electron chi connectivity index (χ4n) is 1.19. The Balaban J connectivity index is 4.44. The Morgan fingerprint density at radius 2 is 1.94 bits per heavy atom. The smallest absolute Gasteiger partial charge is 0.328 e. The number of amides is 1. The van der Waals surface area contributed by atoms with Gasteiger partial charge in [-0.2, -0.15) is 0 Å². The van der Waals surface area contributed by atoms with Crippen molar-refractivity contribution in [2.75, 3.05) is 6.61 Å². The van der Waals surface area contributed by atoms with Crippen LogP contribution in [0.4, 0.5) is 0 Å². The summed E-state index contributed by atoms with van der Waals surface area (Å²) in [4.78, 5) is 23.1. The molecule has 0 fully saturated rings. The van der Waals surface area contributed by atoms with E-state index in [9.17, 15) is 9.59 Å². The molecule has 0 aliphatic heterocycles. The van der Waals surface area contributed by atoms with Crippen LogP contribution in [-0.2, 0) is 14.3 Å². The van der Waals surface area contributed by atoms with Gasteiger partial charge in [0.1, 0.15) is 6.04 Å². The molecule has 1 atom stereocenters. The van der Waals surface area contributed by atoms with E-state index in [1.165, 1.54) is 6.08 Å². The fourth-order valence-corrected chi connectivity index (χ4v) is 1.19. The zero-order valence-electron chi connectivity index (χ0n) is 10.9. The molecule has 0 saturated carbocycles. The van der Waals surface area contributed by atoms with Crippen LogP contribution in [0, 0.1) is 5.92 Å². The number of ether oxygens (including phenoxy) is 1. The Bertz CT molecular complexity index is 306. The molecule has 1 N–H and O–H groups in total. The molecule has 0 aliphatic rings. The van der Waals surface area contributed by atoms with Crippen molar-refractivity contribution >= 4 is 11.9 Å². The topological polar surface area (TPSA) is 55.4 Å². The van der Waals surface area contributed by atoms with Crippen molar-refractivity contribution in [1.29, 1.82) is 0 Å². The number of hydrogen-bond donors (Lipinski definition) is 1. The van der Waals surface area contributed by atoms with Gasteiger partial charge >= 0.3 is 5.97 Å². The molecule has 0 radical (unpaired) electrons. The maximum Gasteiger partial charge on any atom is 0.328 e. The van der Waals surface area contributed by atoms with Gasteiger partial charge < -0.3 is 10.1 Å². The van der Waals surface area contributed by atoms with Crippen molar-refractivity contribution in [1.82, 2.24) is 5.32 Å². The van der Waals surface area contributed by atoms with Crippen LogP contribution in [0.3, 0.4) is 0 Å². The van der Waals surface area contributed by atoms with Crippen LogP contribution < -0.4 is 5.32 Å². The van der Waals surface area contributed by atoms with E-state index in [2.05, 4.69) is 5.32 Å². The highest BCUT2D eigenvalue weighted by atomic mass is 16.5. The van der Waals surface area contributed by atoms with E-state index in [4.69, 9.17) is 4.74 Å². The predicted octanol–water partition coefficient (Wildman–Crippen LogP) is 1.82. The molecule has 0 saturated heterocycles. The van der Waals surface area contributed by atoms with E-state index >= 15 is 0 Å². The molecule has 4 heteroatoms. The van der Waals surface area contributed by atoms with Crippen molar-refractivity contribution in [2.24, 2.45) is 5.92 Å². The van der Waals surface area contributed by atoms with Gasteiger partial charge in [-0.25, -0.2) is 4.79 Å². The van der Waals surface area contributed by atoms with E-state index < -0.39 is 12.0 Å². The van der Waals surface area contributed by atoms with Crippen molar-refractivity contribution in [3.05, 3.63) is 24.3 Å². The molecule has 0 aromatic carbocycles. The quantitative estimate of drug-likeness (QED) is 0.437. The molecular weight excluding hydrogens is 218 g/mol. The fraction of sp³-hybridized carbons (Fsp3) is 0.538. The molecule has 0 aromatic heterocycles. The van der Waals surface area contributed by atoms with Crippen molar-refractivity contribution < 1.29 is 14.3 Å². The summed E-state index contributed by atoms with van der Waals surface area (Å²) in [7, 11) is 0. The van der Waals surface area contributed by atoms with Crippen LogP contribution in [0.25, 0.3) is 0 Å². The molecule has 0 spiro atoms. The lowest BCUT2D eigenvalue weighted by molar-refractivity contribution is -0.148. The average Bonchev–Trinajstić information content (AvgIpc) is 2.26. The normalized spacial score (nSPS) is 13.2. The molecule has 0 rings (SSSR count). The molecule has 0 aliphatic carbocycles. The van der Waals surface area contributed by atoms with Gasteiger partial charge in [-0.3, -0.25) is 4.79 Å². The third kappa shape index (κ3) is 6.56. The summed E-state index contributed by atoms with van der Waals surface area (Å²) < 4.78 is 4.90. The highest BCUT2D eigenvalue weighted by Gasteiger charge is 2.24. The Hall–Kier alpha value is -1.58. The van der Waals surface area contributed by atoms with Crippen molar-refractivity contribution in [2.45, 2.75) is 33.7 Å². The average molecular weight is 239 g/mol. The SMILES string of the molecule is C/C=C/C=C/C(=O)N[C@H](C(=O)OCC)C(C)C. The second kappa shape index (κ2) is 8.56. The summed E-state index contributed by atoms with van der Waals surface area (Å²) in [5.74, 6) is -0.696. The third-order valence-electron chi connectivity index (χ3n) is 2.06. The molecule has 0 unspecified atom stereocenters. The predicted molar refractivity (Wildman–Crippen MR) is 67.4 cm³/mol. The molecule has 0 aromatic rings. The number of rotatable bonds is 6. The standard InChI is InChI=1S/C13H21NO3/c1-5-7-8-9-11(15)14-12(10(3)4)13(16)17-6-2/h5,7-10,12H,6H2,1-4H3,(H,14,15)/b7-5+,9-8+/t12-/m0/s1. The van der Waals surface area contributed by atoms with E-state index in [1.807, 2.05) is 26.8 Å². The van der Waals surface area contributed by atoms with Gasteiger partial charge in [-0.15, -0.1) is 0 Å². The van der Waals surface area contributed by atoms with Crippen LogP contribution in [0.5, 0.6) is 0 Å². The monoisotopic (exact) mass is 239 g/mol. The summed E-state index contributed by atoms with van der Waals surface area (Å²) >= 11 is 0. The van der Waals surface area contributed by atoms with Gasteiger partial charge in [0.15, 0.2) is 0 Å². The Kier molecular flexibility index (Phi) is 7.76. The summed E-state index contributed by atoms with van der Waals surface area (Å²) in [5.41, 5.74) is 0. The van der Waals surface area contributed by atoms with Gasteiger partial charge in [0.2, 0.25) is 5.91 Å². The zero-order chi connectivity index (χ0) is 13.3. The van der Waals surface area contributed by atoms with E-state index in [0.29, 0.717) is 6.61 Å². The Morgan fingerprint density at radius 3 is 2.41 bits per heavy atom. The second-order valence-corrected chi connectivity index (χ2v) is 3.87. The summed E-state index contributed by atoms with van der Waals surface area (Å²) in [6.45, 7) is 7.63. The minimum absolute atomic E-state index is 0.00637. The van der Waals surface area contributed by atoms with Gasteiger partial charge in [0.05, 0.1) is 6.61 Å². The van der Waals surface area contributed by atoms with E-state index in [1.54, 1.807) is 19.1 Å². The number of carbonyl (C=O) groups excluding carboxylic acids is 2.